The van der Waals surface area contributed by atoms with Crippen molar-refractivity contribution in [2.24, 2.45) is 0 Å². The van der Waals surface area contributed by atoms with Crippen molar-refractivity contribution < 1.29 is 27.4 Å². The number of hydrogen-bond acceptors (Lipinski definition) is 4. The van der Waals surface area contributed by atoms with Gasteiger partial charge in [0.25, 0.3) is 0 Å². The van der Waals surface area contributed by atoms with Crippen molar-refractivity contribution in [3.63, 3.8) is 0 Å². The molecule has 0 fully saturated rings. The Morgan fingerprint density at radius 3 is 2.38 bits per heavy atom. The SMILES string of the molecule is COC(=O)c1cc(Oc2ccc(F)c(F)c2)c(F)cc1N. The summed E-state index contributed by atoms with van der Waals surface area (Å²) in [4.78, 5) is 11.5. The third-order valence-electron chi connectivity index (χ3n) is 2.63. The first-order valence-corrected chi connectivity index (χ1v) is 5.72. The zero-order valence-electron chi connectivity index (χ0n) is 10.8. The van der Waals surface area contributed by atoms with Gasteiger partial charge in [0, 0.05) is 23.9 Å². The van der Waals surface area contributed by atoms with Crippen LogP contribution >= 0.6 is 0 Å². The Hall–Kier alpha value is -2.70. The normalized spacial score (nSPS) is 10.3. The Labute approximate surface area is 117 Å². The van der Waals surface area contributed by atoms with Gasteiger partial charge in [-0.3, -0.25) is 0 Å². The lowest BCUT2D eigenvalue weighted by Crippen LogP contribution is -2.07. The van der Waals surface area contributed by atoms with Gasteiger partial charge in [-0.1, -0.05) is 0 Å². The minimum absolute atomic E-state index is 0.100. The van der Waals surface area contributed by atoms with Crippen molar-refractivity contribution in [2.75, 3.05) is 12.8 Å². The number of rotatable bonds is 3. The third-order valence-corrected chi connectivity index (χ3v) is 2.63. The van der Waals surface area contributed by atoms with Crippen molar-refractivity contribution in [3.8, 4) is 11.5 Å². The van der Waals surface area contributed by atoms with E-state index in [1.807, 2.05) is 0 Å². The first-order chi connectivity index (χ1) is 9.92. The third kappa shape index (κ3) is 3.07. The molecule has 0 unspecified atom stereocenters. The van der Waals surface area contributed by atoms with Crippen molar-refractivity contribution in [1.29, 1.82) is 0 Å². The maximum atomic E-state index is 13.7. The molecule has 0 aliphatic rings. The summed E-state index contributed by atoms with van der Waals surface area (Å²) < 4.78 is 49.2. The van der Waals surface area contributed by atoms with Crippen LogP contribution in [0.15, 0.2) is 30.3 Å². The molecule has 0 aromatic heterocycles. The lowest BCUT2D eigenvalue weighted by atomic mass is 10.1. The minimum atomic E-state index is -1.14. The summed E-state index contributed by atoms with van der Waals surface area (Å²) in [5.41, 5.74) is 5.27. The smallest absolute Gasteiger partial charge is 0.340 e. The van der Waals surface area contributed by atoms with Gasteiger partial charge in [0.2, 0.25) is 0 Å². The van der Waals surface area contributed by atoms with E-state index in [0.29, 0.717) is 0 Å². The fourth-order valence-corrected chi connectivity index (χ4v) is 1.60. The summed E-state index contributed by atoms with van der Waals surface area (Å²) in [6.45, 7) is 0. The van der Waals surface area contributed by atoms with Crippen molar-refractivity contribution in [2.45, 2.75) is 0 Å². The van der Waals surface area contributed by atoms with E-state index in [-0.39, 0.29) is 22.7 Å². The first kappa shape index (κ1) is 14.7. The number of ether oxygens (including phenoxy) is 2. The average molecular weight is 297 g/mol. The Kier molecular flexibility index (Phi) is 4.02. The highest BCUT2D eigenvalue weighted by atomic mass is 19.2. The van der Waals surface area contributed by atoms with Gasteiger partial charge in [-0.15, -0.1) is 0 Å². The van der Waals surface area contributed by atoms with E-state index >= 15 is 0 Å². The predicted octanol–water partition coefficient (Wildman–Crippen LogP) is 3.27. The van der Waals surface area contributed by atoms with Crippen LogP contribution in [0.5, 0.6) is 11.5 Å². The van der Waals surface area contributed by atoms with Crippen LogP contribution in [0.1, 0.15) is 10.4 Å². The Bertz CT molecular complexity index is 704. The summed E-state index contributed by atoms with van der Waals surface area (Å²) in [5, 5.41) is 0. The molecular formula is C14H10F3NO3. The lowest BCUT2D eigenvalue weighted by Gasteiger charge is -2.10. The largest absolute Gasteiger partial charge is 0.465 e. The fourth-order valence-electron chi connectivity index (χ4n) is 1.60. The van der Waals surface area contributed by atoms with Gasteiger partial charge in [0.15, 0.2) is 23.2 Å². The molecule has 2 rings (SSSR count). The van der Waals surface area contributed by atoms with Crippen LogP contribution in [-0.4, -0.2) is 13.1 Å². The molecule has 0 radical (unpaired) electrons. The van der Waals surface area contributed by atoms with Crippen LogP contribution in [0, 0.1) is 17.5 Å². The van der Waals surface area contributed by atoms with Gasteiger partial charge in [0.1, 0.15) is 5.75 Å². The number of carbonyl (C=O) groups excluding carboxylic acids is 1. The Balaban J connectivity index is 2.39. The van der Waals surface area contributed by atoms with Crippen LogP contribution in [-0.2, 0) is 4.74 Å². The lowest BCUT2D eigenvalue weighted by molar-refractivity contribution is 0.0601. The van der Waals surface area contributed by atoms with E-state index in [0.717, 1.165) is 37.4 Å². The second kappa shape index (κ2) is 5.74. The van der Waals surface area contributed by atoms with Crippen LogP contribution in [0.2, 0.25) is 0 Å². The van der Waals surface area contributed by atoms with E-state index in [4.69, 9.17) is 10.5 Å². The molecule has 0 spiro atoms. The first-order valence-electron chi connectivity index (χ1n) is 5.72. The average Bonchev–Trinajstić information content (AvgIpc) is 2.45. The minimum Gasteiger partial charge on any atom is -0.465 e. The molecule has 4 nitrogen and oxygen atoms in total. The van der Waals surface area contributed by atoms with E-state index in [1.165, 1.54) is 0 Å². The number of nitrogens with two attached hydrogens (primary N) is 1. The van der Waals surface area contributed by atoms with Gasteiger partial charge < -0.3 is 15.2 Å². The number of halogens is 3. The molecule has 0 aliphatic carbocycles. The van der Waals surface area contributed by atoms with Crippen LogP contribution < -0.4 is 10.5 Å². The monoisotopic (exact) mass is 297 g/mol. The number of benzene rings is 2. The molecule has 0 bridgehead atoms. The van der Waals surface area contributed by atoms with Crippen molar-refractivity contribution >= 4 is 11.7 Å². The van der Waals surface area contributed by atoms with E-state index in [2.05, 4.69) is 4.74 Å². The van der Waals surface area contributed by atoms with Gasteiger partial charge in [-0.2, -0.15) is 0 Å². The molecule has 7 heteroatoms. The standard InChI is InChI=1S/C14H10F3NO3/c1-20-14(19)8-5-13(11(17)6-12(8)18)21-7-2-3-9(15)10(16)4-7/h2-6H,18H2,1H3. The van der Waals surface area contributed by atoms with Gasteiger partial charge in [-0.05, 0) is 12.1 Å². The maximum Gasteiger partial charge on any atom is 0.340 e. The highest BCUT2D eigenvalue weighted by molar-refractivity contribution is 5.95. The zero-order valence-corrected chi connectivity index (χ0v) is 10.8. The van der Waals surface area contributed by atoms with Crippen LogP contribution in [0.4, 0.5) is 18.9 Å². The summed E-state index contributed by atoms with van der Waals surface area (Å²) in [6.07, 6.45) is 0. The Morgan fingerprint density at radius 2 is 1.76 bits per heavy atom. The predicted molar refractivity (Wildman–Crippen MR) is 68.6 cm³/mol. The zero-order chi connectivity index (χ0) is 15.6. The molecule has 2 N–H and O–H groups in total. The maximum absolute atomic E-state index is 13.7. The van der Waals surface area contributed by atoms with E-state index < -0.39 is 23.4 Å². The summed E-state index contributed by atoms with van der Waals surface area (Å²) in [5.74, 6) is -4.33. The summed E-state index contributed by atoms with van der Waals surface area (Å²) in [6, 6.07) is 4.61. The molecule has 21 heavy (non-hydrogen) atoms. The number of methoxy groups -OCH3 is 1. The van der Waals surface area contributed by atoms with E-state index in [1.54, 1.807) is 0 Å². The van der Waals surface area contributed by atoms with Crippen LogP contribution in [0.3, 0.4) is 0 Å². The topological polar surface area (TPSA) is 61.5 Å². The van der Waals surface area contributed by atoms with Gasteiger partial charge in [-0.25, -0.2) is 18.0 Å². The summed E-state index contributed by atoms with van der Waals surface area (Å²) >= 11 is 0. The molecular weight excluding hydrogens is 287 g/mol. The summed E-state index contributed by atoms with van der Waals surface area (Å²) in [7, 11) is 1.14. The number of nitrogen functional groups attached to an aromatic ring is 1. The quantitative estimate of drug-likeness (QED) is 0.697. The van der Waals surface area contributed by atoms with Crippen molar-refractivity contribution in [3.05, 3.63) is 53.3 Å². The van der Waals surface area contributed by atoms with E-state index in [9.17, 15) is 18.0 Å². The molecule has 0 aliphatic heterocycles. The van der Waals surface area contributed by atoms with Gasteiger partial charge in [0.05, 0.1) is 12.7 Å². The van der Waals surface area contributed by atoms with Crippen molar-refractivity contribution in [1.82, 2.24) is 0 Å². The number of anilines is 1. The second-order valence-electron chi connectivity index (χ2n) is 4.04. The molecule has 0 saturated heterocycles. The molecule has 0 atom stereocenters. The number of carbonyl (C=O) groups is 1. The Morgan fingerprint density at radius 1 is 1.05 bits per heavy atom. The highest BCUT2D eigenvalue weighted by Crippen LogP contribution is 2.29. The highest BCUT2D eigenvalue weighted by Gasteiger charge is 2.16. The molecule has 0 saturated carbocycles. The molecule has 0 heterocycles. The number of esters is 1. The molecule has 110 valence electrons. The molecule has 2 aromatic carbocycles. The molecule has 2 aromatic rings. The van der Waals surface area contributed by atoms with Gasteiger partial charge >= 0.3 is 5.97 Å². The van der Waals surface area contributed by atoms with Crippen LogP contribution in [0.25, 0.3) is 0 Å². The molecule has 0 amide bonds. The number of hydrogen-bond donors (Lipinski definition) is 1. The fraction of sp³-hybridized carbons (Fsp3) is 0.0714. The second-order valence-corrected chi connectivity index (χ2v) is 4.04.